The van der Waals surface area contributed by atoms with E-state index in [0.717, 1.165) is 0 Å². The first-order chi connectivity index (χ1) is 17.7. The molecule has 4 aromatic heterocycles. The summed E-state index contributed by atoms with van der Waals surface area (Å²) < 4.78 is 1.24. The lowest BCUT2D eigenvalue weighted by atomic mass is 9.78. The Morgan fingerprint density at radius 3 is 2.65 bits per heavy atom. The first-order valence-corrected chi connectivity index (χ1v) is 12.0. The zero-order valence-electron chi connectivity index (χ0n) is 18.8. The maximum atomic E-state index is 13.2. The summed E-state index contributed by atoms with van der Waals surface area (Å²) in [6.45, 7) is 0.572. The largest absolute Gasteiger partial charge is 0.476 e. The van der Waals surface area contributed by atoms with Gasteiger partial charge in [-0.3, -0.25) is 14.2 Å². The van der Waals surface area contributed by atoms with Crippen LogP contribution in [0.25, 0.3) is 5.65 Å². The van der Waals surface area contributed by atoms with Crippen molar-refractivity contribution < 1.29 is 9.90 Å². The van der Waals surface area contributed by atoms with E-state index in [-0.39, 0.29) is 57.7 Å². The van der Waals surface area contributed by atoms with Gasteiger partial charge in [0.1, 0.15) is 21.2 Å². The monoisotopic (exact) mass is 555 g/mol. The van der Waals surface area contributed by atoms with Gasteiger partial charge in [0.2, 0.25) is 0 Å². The molecule has 0 amide bonds. The third-order valence-electron chi connectivity index (χ3n) is 6.02. The second kappa shape index (κ2) is 9.52. The zero-order valence-corrected chi connectivity index (χ0v) is 21.1. The number of aromatic nitrogens is 4. The van der Waals surface area contributed by atoms with Crippen molar-refractivity contribution in [2.75, 3.05) is 23.3 Å². The first-order valence-electron chi connectivity index (χ1n) is 10.8. The number of fused-ring (bicyclic) bond motifs is 1. The van der Waals surface area contributed by atoms with Crippen LogP contribution in [0.2, 0.25) is 15.2 Å². The van der Waals surface area contributed by atoms with Crippen molar-refractivity contribution in [1.29, 1.82) is 5.26 Å². The van der Waals surface area contributed by atoms with E-state index >= 15 is 0 Å². The quantitative estimate of drug-likeness (QED) is 0.337. The molecule has 4 aromatic rings. The molecule has 10 nitrogen and oxygen atoms in total. The Balaban J connectivity index is 1.51. The SMILES string of the molecule is N#CC1(c2ccccn2)CN(c2nc3c(CNc4ccc(Cl)nc4C(=O)O)cc(Cl)cn3c(=O)c2Cl)C1. The lowest BCUT2D eigenvalue weighted by Crippen LogP contribution is -2.59. The molecule has 1 fully saturated rings. The van der Waals surface area contributed by atoms with Gasteiger partial charge in [-0.05, 0) is 30.3 Å². The molecule has 0 unspecified atom stereocenters. The molecule has 5 heterocycles. The van der Waals surface area contributed by atoms with Crippen molar-refractivity contribution >= 4 is 57.9 Å². The third-order valence-corrected chi connectivity index (χ3v) is 6.77. The van der Waals surface area contributed by atoms with Crippen LogP contribution >= 0.6 is 34.8 Å². The van der Waals surface area contributed by atoms with Gasteiger partial charge in [-0.1, -0.05) is 40.9 Å². The number of rotatable bonds is 6. The molecule has 0 aromatic carbocycles. The predicted octanol–water partition coefficient (Wildman–Crippen LogP) is 4.04. The lowest BCUT2D eigenvalue weighted by molar-refractivity contribution is 0.0691. The minimum Gasteiger partial charge on any atom is -0.476 e. The van der Waals surface area contributed by atoms with Gasteiger partial charge >= 0.3 is 5.97 Å². The second-order valence-corrected chi connectivity index (χ2v) is 9.59. The number of anilines is 2. The van der Waals surface area contributed by atoms with Gasteiger partial charge in [0, 0.05) is 37.6 Å². The molecule has 186 valence electrons. The molecule has 0 aliphatic carbocycles. The highest BCUT2D eigenvalue weighted by Gasteiger charge is 2.47. The Morgan fingerprint density at radius 1 is 1.19 bits per heavy atom. The summed E-state index contributed by atoms with van der Waals surface area (Å²) >= 11 is 18.5. The summed E-state index contributed by atoms with van der Waals surface area (Å²) in [7, 11) is 0. The summed E-state index contributed by atoms with van der Waals surface area (Å²) in [5, 5.41) is 22.5. The molecule has 2 N–H and O–H groups in total. The molecule has 0 spiro atoms. The fourth-order valence-corrected chi connectivity index (χ4v) is 4.83. The van der Waals surface area contributed by atoms with Gasteiger partial charge in [-0.25, -0.2) is 14.8 Å². The van der Waals surface area contributed by atoms with Crippen LogP contribution in [0.4, 0.5) is 11.5 Å². The van der Waals surface area contributed by atoms with E-state index in [9.17, 15) is 20.0 Å². The highest BCUT2D eigenvalue weighted by molar-refractivity contribution is 6.33. The van der Waals surface area contributed by atoms with Gasteiger partial charge in [-0.2, -0.15) is 5.26 Å². The van der Waals surface area contributed by atoms with Crippen LogP contribution in [0, 0.1) is 11.3 Å². The number of nitriles is 1. The Hall–Kier alpha value is -3.91. The van der Waals surface area contributed by atoms with Crippen molar-refractivity contribution in [3.8, 4) is 6.07 Å². The molecule has 13 heteroatoms. The van der Waals surface area contributed by atoms with Gasteiger partial charge in [0.25, 0.3) is 5.56 Å². The molecular formula is C24H16Cl3N7O3. The number of hydrogen-bond acceptors (Lipinski definition) is 8. The number of pyridine rings is 3. The number of nitrogens with one attached hydrogen (secondary N) is 1. The third kappa shape index (κ3) is 4.42. The van der Waals surface area contributed by atoms with E-state index in [1.54, 1.807) is 29.3 Å². The molecule has 0 atom stereocenters. The van der Waals surface area contributed by atoms with E-state index in [1.807, 2.05) is 6.07 Å². The Labute approximate surface area is 224 Å². The average molecular weight is 557 g/mol. The van der Waals surface area contributed by atoms with Crippen molar-refractivity contribution in [3.63, 3.8) is 0 Å². The average Bonchev–Trinajstić information content (AvgIpc) is 2.86. The number of nitrogens with zero attached hydrogens (tertiary/aromatic N) is 6. The lowest BCUT2D eigenvalue weighted by Gasteiger charge is -2.46. The maximum Gasteiger partial charge on any atom is 0.356 e. The van der Waals surface area contributed by atoms with Crippen LogP contribution < -0.4 is 15.8 Å². The smallest absolute Gasteiger partial charge is 0.356 e. The Morgan fingerprint density at radius 2 is 1.97 bits per heavy atom. The van der Waals surface area contributed by atoms with E-state index < -0.39 is 16.9 Å². The predicted molar refractivity (Wildman–Crippen MR) is 139 cm³/mol. The fourth-order valence-electron chi connectivity index (χ4n) is 4.20. The van der Waals surface area contributed by atoms with Crippen LogP contribution in [0.5, 0.6) is 0 Å². The van der Waals surface area contributed by atoms with Crippen LogP contribution in [0.15, 0.2) is 53.6 Å². The van der Waals surface area contributed by atoms with E-state index in [2.05, 4.69) is 26.3 Å². The molecule has 5 rings (SSSR count). The second-order valence-electron chi connectivity index (χ2n) is 8.39. The minimum absolute atomic E-state index is 0.0392. The summed E-state index contributed by atoms with van der Waals surface area (Å²) in [5.41, 5.74) is -0.00423. The molecule has 37 heavy (non-hydrogen) atoms. The number of aromatic carboxylic acids is 1. The molecule has 1 aliphatic heterocycles. The first kappa shape index (κ1) is 24.8. The summed E-state index contributed by atoms with van der Waals surface area (Å²) in [6, 6.07) is 12.3. The topological polar surface area (TPSA) is 137 Å². The van der Waals surface area contributed by atoms with Crippen LogP contribution in [0.1, 0.15) is 21.7 Å². The summed E-state index contributed by atoms with van der Waals surface area (Å²) in [5.74, 6) is -1.02. The van der Waals surface area contributed by atoms with Gasteiger partial charge in [-0.15, -0.1) is 0 Å². The van der Waals surface area contributed by atoms with Crippen molar-refractivity contribution in [2.24, 2.45) is 0 Å². The van der Waals surface area contributed by atoms with Crippen molar-refractivity contribution in [2.45, 2.75) is 12.0 Å². The van der Waals surface area contributed by atoms with E-state index in [1.165, 1.54) is 22.7 Å². The normalized spacial score (nSPS) is 14.2. The van der Waals surface area contributed by atoms with Crippen molar-refractivity contribution in [1.82, 2.24) is 19.4 Å². The molecule has 1 saturated heterocycles. The Kier molecular flexibility index (Phi) is 6.37. The fraction of sp³-hybridized carbons (Fsp3) is 0.167. The Bertz CT molecular complexity index is 1650. The van der Waals surface area contributed by atoms with Crippen molar-refractivity contribution in [3.05, 3.63) is 91.3 Å². The van der Waals surface area contributed by atoms with Gasteiger partial charge in [0.05, 0.1) is 22.5 Å². The number of carboxylic acids is 1. The number of carbonyl (C=O) groups is 1. The van der Waals surface area contributed by atoms with Crippen LogP contribution in [-0.4, -0.2) is 43.5 Å². The molecule has 0 bridgehead atoms. The van der Waals surface area contributed by atoms with Crippen LogP contribution in [-0.2, 0) is 12.0 Å². The van der Waals surface area contributed by atoms with Gasteiger partial charge < -0.3 is 15.3 Å². The molecule has 1 aliphatic rings. The minimum atomic E-state index is -1.25. The number of halogens is 3. The molecular weight excluding hydrogens is 541 g/mol. The summed E-state index contributed by atoms with van der Waals surface area (Å²) in [4.78, 5) is 39.3. The van der Waals surface area contributed by atoms with E-state index in [4.69, 9.17) is 34.8 Å². The number of hydrogen-bond donors (Lipinski definition) is 2. The standard InChI is InChI=1S/C24H16Cl3N7O3/c25-14-7-13(8-30-15-4-5-17(26)31-19(15)23(36)37)20-32-21(18(27)22(35)34(20)9-14)33-11-24(10-28,12-33)16-3-1-2-6-29-16/h1-7,9,30H,8,11-12H2,(H,36,37). The molecule has 0 radical (unpaired) electrons. The molecule has 0 saturated carbocycles. The van der Waals surface area contributed by atoms with Crippen LogP contribution in [0.3, 0.4) is 0 Å². The van der Waals surface area contributed by atoms with Gasteiger partial charge in [0.15, 0.2) is 11.5 Å². The highest BCUT2D eigenvalue weighted by atomic mass is 35.5. The highest BCUT2D eigenvalue weighted by Crippen LogP contribution is 2.37. The van der Waals surface area contributed by atoms with E-state index in [0.29, 0.717) is 11.3 Å². The zero-order chi connectivity index (χ0) is 26.3. The maximum absolute atomic E-state index is 13.2. The number of carboxylic acid groups (broad SMARTS) is 1. The summed E-state index contributed by atoms with van der Waals surface area (Å²) in [6.07, 6.45) is 3.03.